The minimum absolute atomic E-state index is 0.462. The van der Waals surface area contributed by atoms with Crippen LogP contribution >= 0.6 is 0 Å². The van der Waals surface area contributed by atoms with E-state index < -0.39 is 0 Å². The van der Waals surface area contributed by atoms with Crippen LogP contribution in [0.2, 0.25) is 0 Å². The molecule has 2 fully saturated rings. The summed E-state index contributed by atoms with van der Waals surface area (Å²) < 4.78 is 0. The van der Waals surface area contributed by atoms with Crippen molar-refractivity contribution in [2.24, 2.45) is 5.73 Å². The highest BCUT2D eigenvalue weighted by Crippen LogP contribution is 2.25. The number of piperidine rings is 2. The molecule has 2 aliphatic rings. The summed E-state index contributed by atoms with van der Waals surface area (Å²) in [5, 5.41) is 0. The lowest BCUT2D eigenvalue weighted by molar-refractivity contribution is 0.0973. The molecule has 0 aromatic rings. The van der Waals surface area contributed by atoms with Gasteiger partial charge in [-0.1, -0.05) is 6.42 Å². The van der Waals surface area contributed by atoms with Gasteiger partial charge in [0.2, 0.25) is 0 Å². The van der Waals surface area contributed by atoms with E-state index in [0.29, 0.717) is 6.04 Å². The molecule has 2 aliphatic heterocycles. The van der Waals surface area contributed by atoms with E-state index in [1.54, 1.807) is 0 Å². The van der Waals surface area contributed by atoms with Crippen molar-refractivity contribution in [2.45, 2.75) is 44.2 Å². The van der Waals surface area contributed by atoms with Crippen LogP contribution in [-0.4, -0.2) is 30.1 Å². The van der Waals surface area contributed by atoms with Crippen LogP contribution in [0.1, 0.15) is 32.1 Å². The number of fused-ring (bicyclic) bond motifs is 1. The van der Waals surface area contributed by atoms with Gasteiger partial charge in [-0.25, -0.2) is 0 Å². The van der Waals surface area contributed by atoms with E-state index in [9.17, 15) is 0 Å². The second-order valence-corrected chi connectivity index (χ2v) is 3.98. The van der Waals surface area contributed by atoms with Crippen LogP contribution in [0.5, 0.6) is 0 Å². The zero-order valence-corrected chi connectivity index (χ0v) is 7.13. The number of rotatable bonds is 0. The molecule has 2 nitrogen and oxygen atoms in total. The molecule has 2 heteroatoms. The van der Waals surface area contributed by atoms with E-state index in [2.05, 4.69) is 4.90 Å². The van der Waals surface area contributed by atoms with Crippen LogP contribution in [0.25, 0.3) is 0 Å². The topological polar surface area (TPSA) is 29.3 Å². The predicted octanol–water partition coefficient (Wildman–Crippen LogP) is 0.962. The number of nitrogens with two attached hydrogens (primary N) is 1. The molecule has 2 unspecified atom stereocenters. The molecule has 0 amide bonds. The van der Waals surface area contributed by atoms with Crippen LogP contribution in [0.3, 0.4) is 0 Å². The second kappa shape index (κ2) is 3.11. The number of nitrogens with zero attached hydrogens (tertiary/aromatic N) is 1. The molecular formula is C9H18N2. The SMILES string of the molecule is NC1CCC2CCCCN2C1. The normalized spacial score (nSPS) is 40.1. The average Bonchev–Trinajstić information content (AvgIpc) is 2.04. The Balaban J connectivity index is 1.93. The molecule has 2 atom stereocenters. The van der Waals surface area contributed by atoms with Crippen molar-refractivity contribution < 1.29 is 0 Å². The molecule has 0 aromatic carbocycles. The second-order valence-electron chi connectivity index (χ2n) is 3.98. The van der Waals surface area contributed by atoms with Crippen molar-refractivity contribution in [3.63, 3.8) is 0 Å². The summed E-state index contributed by atoms with van der Waals surface area (Å²) >= 11 is 0. The van der Waals surface area contributed by atoms with E-state index in [0.717, 1.165) is 12.6 Å². The Hall–Kier alpha value is -0.0800. The zero-order chi connectivity index (χ0) is 7.68. The third-order valence-corrected chi connectivity index (χ3v) is 3.09. The molecule has 0 radical (unpaired) electrons. The van der Waals surface area contributed by atoms with E-state index in [1.807, 2.05) is 0 Å². The maximum atomic E-state index is 5.90. The molecular weight excluding hydrogens is 136 g/mol. The molecule has 0 saturated carbocycles. The first kappa shape index (κ1) is 7.56. The van der Waals surface area contributed by atoms with Crippen LogP contribution in [0.4, 0.5) is 0 Å². The smallest absolute Gasteiger partial charge is 0.0168 e. The fourth-order valence-corrected chi connectivity index (χ4v) is 2.43. The number of hydrogen-bond donors (Lipinski definition) is 1. The Labute approximate surface area is 68.7 Å². The molecule has 2 heterocycles. The molecule has 2 saturated heterocycles. The minimum Gasteiger partial charge on any atom is -0.327 e. The summed E-state index contributed by atoms with van der Waals surface area (Å²) in [5.74, 6) is 0. The summed E-state index contributed by atoms with van der Waals surface area (Å²) in [4.78, 5) is 2.59. The van der Waals surface area contributed by atoms with Crippen molar-refractivity contribution in [3.8, 4) is 0 Å². The van der Waals surface area contributed by atoms with Gasteiger partial charge in [-0.05, 0) is 32.2 Å². The van der Waals surface area contributed by atoms with Gasteiger partial charge < -0.3 is 5.73 Å². The molecule has 0 spiro atoms. The average molecular weight is 154 g/mol. The molecule has 11 heavy (non-hydrogen) atoms. The number of hydrogen-bond acceptors (Lipinski definition) is 2. The van der Waals surface area contributed by atoms with Crippen LogP contribution in [0, 0.1) is 0 Å². The molecule has 2 rings (SSSR count). The van der Waals surface area contributed by atoms with Crippen molar-refractivity contribution in [2.75, 3.05) is 13.1 Å². The molecule has 0 bridgehead atoms. The molecule has 0 aliphatic carbocycles. The summed E-state index contributed by atoms with van der Waals surface area (Å²) in [6.07, 6.45) is 6.86. The lowest BCUT2D eigenvalue weighted by Crippen LogP contribution is -2.50. The van der Waals surface area contributed by atoms with Gasteiger partial charge in [0, 0.05) is 18.6 Å². The quantitative estimate of drug-likeness (QED) is 0.563. The highest BCUT2D eigenvalue weighted by molar-refractivity contribution is 4.85. The first-order valence-corrected chi connectivity index (χ1v) is 4.86. The van der Waals surface area contributed by atoms with Crippen LogP contribution in [0.15, 0.2) is 0 Å². The fraction of sp³-hybridized carbons (Fsp3) is 1.00. The standard InChI is InChI=1S/C9H18N2/c10-8-4-5-9-3-1-2-6-11(9)7-8/h8-9H,1-7,10H2. The van der Waals surface area contributed by atoms with E-state index in [-0.39, 0.29) is 0 Å². The maximum absolute atomic E-state index is 5.90. The van der Waals surface area contributed by atoms with Crippen molar-refractivity contribution in [3.05, 3.63) is 0 Å². The Morgan fingerprint density at radius 3 is 2.91 bits per heavy atom. The van der Waals surface area contributed by atoms with Gasteiger partial charge in [-0.2, -0.15) is 0 Å². The predicted molar refractivity (Wildman–Crippen MR) is 46.4 cm³/mol. The van der Waals surface area contributed by atoms with Gasteiger partial charge in [0.15, 0.2) is 0 Å². The lowest BCUT2D eigenvalue weighted by atomic mass is 9.91. The van der Waals surface area contributed by atoms with Gasteiger partial charge in [0.05, 0.1) is 0 Å². The highest BCUT2D eigenvalue weighted by Gasteiger charge is 2.27. The molecule has 2 N–H and O–H groups in total. The minimum atomic E-state index is 0.462. The largest absolute Gasteiger partial charge is 0.327 e. The fourth-order valence-electron chi connectivity index (χ4n) is 2.43. The summed E-state index contributed by atoms with van der Waals surface area (Å²) in [7, 11) is 0. The van der Waals surface area contributed by atoms with Crippen LogP contribution in [-0.2, 0) is 0 Å². The lowest BCUT2D eigenvalue weighted by Gasteiger charge is -2.41. The Morgan fingerprint density at radius 1 is 1.09 bits per heavy atom. The van der Waals surface area contributed by atoms with Crippen LogP contribution < -0.4 is 5.73 Å². The first-order valence-electron chi connectivity index (χ1n) is 4.86. The Morgan fingerprint density at radius 2 is 2.00 bits per heavy atom. The third kappa shape index (κ3) is 1.57. The van der Waals surface area contributed by atoms with E-state index in [1.165, 1.54) is 38.6 Å². The Kier molecular flexibility index (Phi) is 2.14. The third-order valence-electron chi connectivity index (χ3n) is 3.09. The summed E-state index contributed by atoms with van der Waals surface area (Å²) in [5.41, 5.74) is 5.90. The zero-order valence-electron chi connectivity index (χ0n) is 7.13. The molecule has 64 valence electrons. The van der Waals surface area contributed by atoms with Gasteiger partial charge >= 0.3 is 0 Å². The molecule has 0 aromatic heterocycles. The maximum Gasteiger partial charge on any atom is 0.0168 e. The summed E-state index contributed by atoms with van der Waals surface area (Å²) in [6, 6.07) is 1.35. The van der Waals surface area contributed by atoms with Crippen molar-refractivity contribution in [1.29, 1.82) is 0 Å². The first-order chi connectivity index (χ1) is 5.36. The van der Waals surface area contributed by atoms with Crippen molar-refractivity contribution >= 4 is 0 Å². The van der Waals surface area contributed by atoms with E-state index >= 15 is 0 Å². The summed E-state index contributed by atoms with van der Waals surface area (Å²) in [6.45, 7) is 2.46. The van der Waals surface area contributed by atoms with Crippen molar-refractivity contribution in [1.82, 2.24) is 4.90 Å². The van der Waals surface area contributed by atoms with Gasteiger partial charge in [-0.3, -0.25) is 4.90 Å². The monoisotopic (exact) mass is 154 g/mol. The highest BCUT2D eigenvalue weighted by atomic mass is 15.2. The Bertz CT molecular complexity index is 136. The van der Waals surface area contributed by atoms with E-state index in [4.69, 9.17) is 5.73 Å². The van der Waals surface area contributed by atoms with Gasteiger partial charge in [0.25, 0.3) is 0 Å². The van der Waals surface area contributed by atoms with Gasteiger partial charge in [0.1, 0.15) is 0 Å². The van der Waals surface area contributed by atoms with Gasteiger partial charge in [-0.15, -0.1) is 0 Å².